The second kappa shape index (κ2) is 11.6. The molecule has 0 aliphatic carbocycles. The minimum atomic E-state index is -1.88. The van der Waals surface area contributed by atoms with Gasteiger partial charge in [-0.2, -0.15) is 0 Å². The zero-order chi connectivity index (χ0) is 30.5. The molecule has 0 spiro atoms. The summed E-state index contributed by atoms with van der Waals surface area (Å²) in [4.78, 5) is 13.2. The normalized spacial score (nSPS) is 33.5. The van der Waals surface area contributed by atoms with E-state index in [4.69, 9.17) is 23.4 Å². The molecule has 2 aliphatic heterocycles. The molecule has 15 nitrogen and oxygen atoms in total. The van der Waals surface area contributed by atoms with Gasteiger partial charge in [0.15, 0.2) is 12.1 Å². The van der Waals surface area contributed by atoms with Crippen LogP contribution in [0.4, 0.5) is 0 Å². The minimum Gasteiger partial charge on any atom is -0.508 e. The number of phenols is 2. The van der Waals surface area contributed by atoms with Crippen LogP contribution in [0.1, 0.15) is 6.92 Å². The summed E-state index contributed by atoms with van der Waals surface area (Å²) in [6.07, 6.45) is -15.6. The van der Waals surface area contributed by atoms with Gasteiger partial charge in [0.05, 0.1) is 12.7 Å². The first-order valence-electron chi connectivity index (χ1n) is 12.9. The minimum absolute atomic E-state index is 0.0647. The van der Waals surface area contributed by atoms with Crippen molar-refractivity contribution in [3.63, 3.8) is 0 Å². The highest BCUT2D eigenvalue weighted by Gasteiger charge is 2.47. The van der Waals surface area contributed by atoms with Crippen LogP contribution in [-0.2, 0) is 14.2 Å². The Morgan fingerprint density at radius 2 is 1.40 bits per heavy atom. The lowest BCUT2D eigenvalue weighted by Gasteiger charge is -2.42. The number of benzene rings is 2. The lowest BCUT2D eigenvalue weighted by Crippen LogP contribution is -2.61. The number of phenolic OH excluding ortho intramolecular Hbond substituents is 2. The summed E-state index contributed by atoms with van der Waals surface area (Å²) in [5.74, 6) is -1.98. The van der Waals surface area contributed by atoms with E-state index in [1.807, 2.05) is 0 Å². The fourth-order valence-electron chi connectivity index (χ4n) is 4.78. The molecule has 0 saturated carbocycles. The Morgan fingerprint density at radius 3 is 2.10 bits per heavy atom. The van der Waals surface area contributed by atoms with Crippen molar-refractivity contribution in [2.24, 2.45) is 0 Å². The molecule has 0 radical (unpaired) electrons. The predicted molar refractivity (Wildman–Crippen MR) is 139 cm³/mol. The summed E-state index contributed by atoms with van der Waals surface area (Å²) in [5.41, 5.74) is -0.956. The van der Waals surface area contributed by atoms with E-state index in [1.165, 1.54) is 31.2 Å². The summed E-state index contributed by atoms with van der Waals surface area (Å²) in [6.45, 7) is 0.884. The van der Waals surface area contributed by atoms with Gasteiger partial charge in [0.25, 0.3) is 0 Å². The van der Waals surface area contributed by atoms with Gasteiger partial charge in [-0.05, 0) is 31.2 Å². The number of aromatic hydroxyl groups is 3. The fourth-order valence-corrected chi connectivity index (χ4v) is 4.78. The molecule has 3 aromatic rings. The third-order valence-corrected chi connectivity index (χ3v) is 7.19. The van der Waals surface area contributed by atoms with Crippen LogP contribution in [0.5, 0.6) is 23.0 Å². The van der Waals surface area contributed by atoms with Crippen molar-refractivity contribution in [2.45, 2.75) is 68.3 Å². The molecule has 2 fully saturated rings. The largest absolute Gasteiger partial charge is 0.508 e. The fraction of sp³-hybridized carbons (Fsp3) is 0.444. The highest BCUT2D eigenvalue weighted by atomic mass is 16.7. The van der Waals surface area contributed by atoms with Crippen LogP contribution in [0.15, 0.2) is 45.6 Å². The second-order valence-electron chi connectivity index (χ2n) is 10.1. The topological polar surface area (TPSA) is 249 Å². The van der Waals surface area contributed by atoms with Gasteiger partial charge < -0.3 is 69.3 Å². The average Bonchev–Trinajstić information content (AvgIpc) is 2.96. The molecule has 2 aromatic carbocycles. The molecule has 0 bridgehead atoms. The van der Waals surface area contributed by atoms with Crippen LogP contribution < -0.4 is 10.2 Å². The van der Waals surface area contributed by atoms with Crippen LogP contribution in [0.3, 0.4) is 0 Å². The molecule has 10 atom stereocenters. The third-order valence-electron chi connectivity index (χ3n) is 7.19. The molecular weight excluding hydrogens is 564 g/mol. The molecule has 9 N–H and O–H groups in total. The maximum absolute atomic E-state index is 13.2. The Labute approximate surface area is 236 Å². The first-order chi connectivity index (χ1) is 19.9. The highest BCUT2D eigenvalue weighted by Crippen LogP contribution is 2.37. The molecule has 1 aromatic heterocycles. The Kier molecular flexibility index (Phi) is 8.30. The summed E-state index contributed by atoms with van der Waals surface area (Å²) in [7, 11) is 0. The molecule has 0 amide bonds. The van der Waals surface area contributed by atoms with Crippen molar-refractivity contribution in [3.8, 4) is 34.3 Å². The standard InChI is InChI=1S/C27H30O15/c1-9-17(30)20(33)23(36)26(39-9)38-8-15-18(31)21(34)24(37)27(42-15)41-14-7-12(29)6-13-16(14)19(32)22(35)25(40-13)10-2-4-11(28)5-3-10/h2-7,9,15,17-18,20-21,23-24,26-31,33-37H,8H2,1H3/t9-,15+,17-,18+,20+,21-,23+,24+,26+,27+/m0/s1. The molecule has 42 heavy (non-hydrogen) atoms. The summed E-state index contributed by atoms with van der Waals surface area (Å²) < 4.78 is 27.7. The van der Waals surface area contributed by atoms with E-state index in [1.54, 1.807) is 0 Å². The van der Waals surface area contributed by atoms with Gasteiger partial charge in [0, 0.05) is 17.7 Å². The van der Waals surface area contributed by atoms with Crippen molar-refractivity contribution in [3.05, 3.63) is 46.6 Å². The van der Waals surface area contributed by atoms with E-state index in [-0.39, 0.29) is 28.0 Å². The van der Waals surface area contributed by atoms with Crippen LogP contribution in [-0.4, -0.2) is 114 Å². The summed E-state index contributed by atoms with van der Waals surface area (Å²) in [5, 5.41) is 91.6. The van der Waals surface area contributed by atoms with Crippen LogP contribution in [0, 0.1) is 0 Å². The lowest BCUT2D eigenvalue weighted by atomic mass is 9.98. The molecule has 5 rings (SSSR count). The van der Waals surface area contributed by atoms with Crippen LogP contribution in [0.25, 0.3) is 22.3 Å². The monoisotopic (exact) mass is 594 g/mol. The summed E-state index contributed by atoms with van der Waals surface area (Å²) >= 11 is 0. The van der Waals surface area contributed by atoms with Gasteiger partial charge in [-0.3, -0.25) is 4.79 Å². The molecule has 228 valence electrons. The third kappa shape index (κ3) is 5.49. The second-order valence-corrected chi connectivity index (χ2v) is 10.1. The highest BCUT2D eigenvalue weighted by molar-refractivity contribution is 5.88. The number of rotatable bonds is 6. The molecule has 15 heteroatoms. The van der Waals surface area contributed by atoms with Gasteiger partial charge in [-0.1, -0.05) is 0 Å². The van der Waals surface area contributed by atoms with E-state index in [0.29, 0.717) is 0 Å². The van der Waals surface area contributed by atoms with Crippen molar-refractivity contribution < 1.29 is 69.3 Å². The van der Waals surface area contributed by atoms with Crippen molar-refractivity contribution in [1.29, 1.82) is 0 Å². The van der Waals surface area contributed by atoms with Gasteiger partial charge in [-0.15, -0.1) is 0 Å². The van der Waals surface area contributed by atoms with Gasteiger partial charge in [0.1, 0.15) is 70.9 Å². The molecular formula is C27H30O15. The number of hydrogen-bond acceptors (Lipinski definition) is 15. The van der Waals surface area contributed by atoms with E-state index in [0.717, 1.165) is 12.1 Å². The van der Waals surface area contributed by atoms with Gasteiger partial charge in [0.2, 0.25) is 17.5 Å². The van der Waals surface area contributed by atoms with Crippen LogP contribution >= 0.6 is 0 Å². The maximum Gasteiger partial charge on any atom is 0.238 e. The number of aliphatic hydroxyl groups is 6. The van der Waals surface area contributed by atoms with E-state index < -0.39 is 90.7 Å². The maximum atomic E-state index is 13.2. The molecule has 3 heterocycles. The Hall–Kier alpha value is -3.51. The quantitative estimate of drug-likeness (QED) is 0.159. The Bertz CT molecular complexity index is 1470. The van der Waals surface area contributed by atoms with Crippen LogP contribution in [0.2, 0.25) is 0 Å². The first-order valence-corrected chi connectivity index (χ1v) is 12.9. The van der Waals surface area contributed by atoms with Crippen molar-refractivity contribution >= 4 is 11.0 Å². The van der Waals surface area contributed by atoms with E-state index >= 15 is 0 Å². The van der Waals surface area contributed by atoms with Gasteiger partial charge in [-0.25, -0.2) is 0 Å². The Morgan fingerprint density at radius 1 is 0.762 bits per heavy atom. The number of hydrogen-bond donors (Lipinski definition) is 9. The molecule has 2 aliphatic rings. The number of aliphatic hydroxyl groups excluding tert-OH is 6. The lowest BCUT2D eigenvalue weighted by molar-refractivity contribution is -0.318. The van der Waals surface area contributed by atoms with E-state index in [2.05, 4.69) is 0 Å². The molecule has 0 unspecified atom stereocenters. The predicted octanol–water partition coefficient (Wildman–Crippen LogP) is -1.39. The van der Waals surface area contributed by atoms with Crippen molar-refractivity contribution in [2.75, 3.05) is 6.61 Å². The first kappa shape index (κ1) is 30.0. The molecule has 2 saturated heterocycles. The summed E-state index contributed by atoms with van der Waals surface area (Å²) in [6, 6.07) is 7.47. The Balaban J connectivity index is 1.41. The number of ether oxygens (including phenoxy) is 4. The number of fused-ring (bicyclic) bond motifs is 1. The smallest absolute Gasteiger partial charge is 0.238 e. The van der Waals surface area contributed by atoms with E-state index in [9.17, 15) is 50.8 Å². The average molecular weight is 595 g/mol. The van der Waals surface area contributed by atoms with Gasteiger partial charge >= 0.3 is 0 Å². The SMILES string of the molecule is C[C@@H]1O[C@@H](OC[C@H]2O[C@@H](Oc3cc(O)cc4oc(-c5ccc(O)cc5)c(O)c(=O)c34)[C@H](O)[C@@H](O)[C@@H]2O)[C@H](O)[C@H](O)[C@H]1O. The van der Waals surface area contributed by atoms with Crippen molar-refractivity contribution in [1.82, 2.24) is 0 Å². The zero-order valence-corrected chi connectivity index (χ0v) is 21.9. The zero-order valence-electron chi connectivity index (χ0n) is 21.9.